The molecule has 1 saturated heterocycles. The lowest BCUT2D eigenvalue weighted by molar-refractivity contribution is 0.482. The number of piperidine rings is 1. The highest BCUT2D eigenvalue weighted by Crippen LogP contribution is 2.19. The predicted octanol–water partition coefficient (Wildman–Crippen LogP) is 2.17. The van der Waals surface area contributed by atoms with Gasteiger partial charge in [-0.2, -0.15) is 5.26 Å². The zero-order valence-electron chi connectivity index (χ0n) is 10.3. The van der Waals surface area contributed by atoms with E-state index in [4.69, 9.17) is 5.26 Å². The fourth-order valence-corrected chi connectivity index (χ4v) is 2.14. The molecule has 4 heteroatoms. The van der Waals surface area contributed by atoms with E-state index in [2.05, 4.69) is 27.9 Å². The molecule has 90 valence electrons. The zero-order valence-corrected chi connectivity index (χ0v) is 10.3. The van der Waals surface area contributed by atoms with Gasteiger partial charge < -0.3 is 4.90 Å². The van der Waals surface area contributed by atoms with Crippen molar-refractivity contribution in [1.29, 1.82) is 5.26 Å². The van der Waals surface area contributed by atoms with E-state index in [1.54, 1.807) is 0 Å². The summed E-state index contributed by atoms with van der Waals surface area (Å²) in [6, 6.07) is 2.33. The quantitative estimate of drug-likeness (QED) is 0.798. The molecule has 1 aromatic heterocycles. The molecule has 0 radical (unpaired) electrons. The molecule has 1 fully saturated rings. The first kappa shape index (κ1) is 11.8. The first-order valence-electron chi connectivity index (χ1n) is 6.29. The number of hydrogen-bond donors (Lipinski definition) is 0. The van der Waals surface area contributed by atoms with Crippen LogP contribution in [0, 0.1) is 17.2 Å². The van der Waals surface area contributed by atoms with Crippen molar-refractivity contribution < 1.29 is 0 Å². The van der Waals surface area contributed by atoms with Crippen molar-refractivity contribution in [2.45, 2.75) is 32.6 Å². The van der Waals surface area contributed by atoms with Crippen LogP contribution < -0.4 is 4.90 Å². The van der Waals surface area contributed by atoms with Gasteiger partial charge in [-0.25, -0.2) is 9.97 Å². The smallest absolute Gasteiger partial charge is 0.225 e. The Morgan fingerprint density at radius 1 is 1.35 bits per heavy atom. The van der Waals surface area contributed by atoms with Gasteiger partial charge in [0.05, 0.1) is 6.07 Å². The summed E-state index contributed by atoms with van der Waals surface area (Å²) in [6.45, 7) is 3.94. The number of aromatic nitrogens is 2. The van der Waals surface area contributed by atoms with Gasteiger partial charge in [0.25, 0.3) is 0 Å². The second-order valence-corrected chi connectivity index (χ2v) is 4.53. The highest BCUT2D eigenvalue weighted by Gasteiger charge is 2.20. The maximum atomic E-state index is 8.84. The van der Waals surface area contributed by atoms with Crippen LogP contribution in [0.3, 0.4) is 0 Å². The topological polar surface area (TPSA) is 52.8 Å². The van der Waals surface area contributed by atoms with Crippen molar-refractivity contribution in [3.05, 3.63) is 18.0 Å². The zero-order chi connectivity index (χ0) is 12.1. The van der Waals surface area contributed by atoms with Crippen LogP contribution in [-0.4, -0.2) is 23.1 Å². The van der Waals surface area contributed by atoms with Crippen LogP contribution in [-0.2, 0) is 6.42 Å². The average molecular weight is 230 g/mol. The Bertz CT molecular complexity index is 385. The standard InChI is InChI=1S/C13H18N4/c1-2-3-12-9-15-13(16-10-12)17-6-4-11(8-14)5-7-17/h9-11H,2-7H2,1H3. The summed E-state index contributed by atoms with van der Waals surface area (Å²) in [5.74, 6) is 1.02. The lowest BCUT2D eigenvalue weighted by Gasteiger charge is -2.28. The molecule has 2 heterocycles. The molecule has 0 bridgehead atoms. The van der Waals surface area contributed by atoms with E-state index >= 15 is 0 Å². The van der Waals surface area contributed by atoms with Gasteiger partial charge >= 0.3 is 0 Å². The Labute approximate surface area is 102 Å². The highest BCUT2D eigenvalue weighted by molar-refractivity contribution is 5.30. The fourth-order valence-electron chi connectivity index (χ4n) is 2.14. The number of nitriles is 1. The predicted molar refractivity (Wildman–Crippen MR) is 66.6 cm³/mol. The number of hydrogen-bond acceptors (Lipinski definition) is 4. The van der Waals surface area contributed by atoms with Gasteiger partial charge in [0.15, 0.2) is 0 Å². The largest absolute Gasteiger partial charge is 0.341 e. The van der Waals surface area contributed by atoms with E-state index in [1.165, 1.54) is 5.56 Å². The van der Waals surface area contributed by atoms with E-state index in [1.807, 2.05) is 12.4 Å². The normalized spacial score (nSPS) is 16.8. The monoisotopic (exact) mass is 230 g/mol. The van der Waals surface area contributed by atoms with Crippen LogP contribution in [0.1, 0.15) is 31.7 Å². The van der Waals surface area contributed by atoms with Crippen LogP contribution in [0.25, 0.3) is 0 Å². The third kappa shape index (κ3) is 2.94. The van der Waals surface area contributed by atoms with Crippen molar-refractivity contribution in [3.63, 3.8) is 0 Å². The minimum Gasteiger partial charge on any atom is -0.341 e. The first-order chi connectivity index (χ1) is 8.33. The van der Waals surface area contributed by atoms with Gasteiger partial charge in [0.1, 0.15) is 0 Å². The lowest BCUT2D eigenvalue weighted by Crippen LogP contribution is -2.34. The van der Waals surface area contributed by atoms with E-state index in [9.17, 15) is 0 Å². The van der Waals surface area contributed by atoms with Crippen molar-refractivity contribution in [1.82, 2.24) is 9.97 Å². The van der Waals surface area contributed by atoms with Gasteiger partial charge in [0, 0.05) is 31.4 Å². The molecule has 0 unspecified atom stereocenters. The molecule has 0 amide bonds. The second kappa shape index (κ2) is 5.62. The van der Waals surface area contributed by atoms with Gasteiger partial charge in [-0.05, 0) is 24.8 Å². The second-order valence-electron chi connectivity index (χ2n) is 4.53. The van der Waals surface area contributed by atoms with Gasteiger partial charge in [-0.3, -0.25) is 0 Å². The Hall–Kier alpha value is -1.63. The molecule has 1 aliphatic heterocycles. The minimum atomic E-state index is 0.214. The van der Waals surface area contributed by atoms with Gasteiger partial charge in [0.2, 0.25) is 5.95 Å². The molecule has 0 N–H and O–H groups in total. The Morgan fingerprint density at radius 2 is 2.00 bits per heavy atom. The Morgan fingerprint density at radius 3 is 2.53 bits per heavy atom. The highest BCUT2D eigenvalue weighted by atomic mass is 15.2. The molecule has 2 rings (SSSR count). The summed E-state index contributed by atoms with van der Waals surface area (Å²) in [4.78, 5) is 11.0. The summed E-state index contributed by atoms with van der Waals surface area (Å²) in [7, 11) is 0. The molecule has 0 aromatic carbocycles. The van der Waals surface area contributed by atoms with Crippen LogP contribution in [0.5, 0.6) is 0 Å². The molecule has 0 saturated carbocycles. The minimum absolute atomic E-state index is 0.214. The van der Waals surface area contributed by atoms with Crippen molar-refractivity contribution in [2.24, 2.45) is 5.92 Å². The molecule has 17 heavy (non-hydrogen) atoms. The summed E-state index contributed by atoms with van der Waals surface area (Å²) >= 11 is 0. The molecule has 0 atom stereocenters. The van der Waals surface area contributed by atoms with Crippen molar-refractivity contribution in [3.8, 4) is 6.07 Å². The maximum Gasteiger partial charge on any atom is 0.225 e. The summed E-state index contributed by atoms with van der Waals surface area (Å²) in [5, 5.41) is 8.84. The number of anilines is 1. The molecular weight excluding hydrogens is 212 g/mol. The summed E-state index contributed by atoms with van der Waals surface area (Å²) < 4.78 is 0. The number of rotatable bonds is 3. The number of nitrogens with zero attached hydrogens (tertiary/aromatic N) is 4. The van der Waals surface area contributed by atoms with Crippen LogP contribution in [0.4, 0.5) is 5.95 Å². The van der Waals surface area contributed by atoms with E-state index < -0.39 is 0 Å². The van der Waals surface area contributed by atoms with Crippen molar-refractivity contribution >= 4 is 5.95 Å². The Balaban J connectivity index is 1.97. The van der Waals surface area contributed by atoms with E-state index in [-0.39, 0.29) is 5.92 Å². The van der Waals surface area contributed by atoms with Crippen molar-refractivity contribution in [2.75, 3.05) is 18.0 Å². The molecule has 1 aromatic rings. The third-order valence-corrected chi connectivity index (χ3v) is 3.19. The first-order valence-corrected chi connectivity index (χ1v) is 6.29. The van der Waals surface area contributed by atoms with Gasteiger partial charge in [-0.15, -0.1) is 0 Å². The molecule has 0 spiro atoms. The molecule has 4 nitrogen and oxygen atoms in total. The van der Waals surface area contributed by atoms with E-state index in [0.717, 1.165) is 44.7 Å². The van der Waals surface area contributed by atoms with E-state index in [0.29, 0.717) is 0 Å². The number of aryl methyl sites for hydroxylation is 1. The summed E-state index contributed by atoms with van der Waals surface area (Å²) in [6.07, 6.45) is 7.85. The Kier molecular flexibility index (Phi) is 3.92. The maximum absolute atomic E-state index is 8.84. The molecule has 1 aliphatic rings. The third-order valence-electron chi connectivity index (χ3n) is 3.19. The van der Waals surface area contributed by atoms with Gasteiger partial charge in [-0.1, -0.05) is 13.3 Å². The molecular formula is C13H18N4. The lowest BCUT2D eigenvalue weighted by atomic mass is 9.99. The van der Waals surface area contributed by atoms with Crippen LogP contribution >= 0.6 is 0 Å². The SMILES string of the molecule is CCCc1cnc(N2CCC(C#N)CC2)nc1. The summed E-state index contributed by atoms with van der Waals surface area (Å²) in [5.41, 5.74) is 1.20. The van der Waals surface area contributed by atoms with Crippen LogP contribution in [0.15, 0.2) is 12.4 Å². The average Bonchev–Trinajstić information content (AvgIpc) is 2.40. The van der Waals surface area contributed by atoms with Crippen LogP contribution in [0.2, 0.25) is 0 Å². The fraction of sp³-hybridized carbons (Fsp3) is 0.615. The molecule has 0 aliphatic carbocycles.